The van der Waals surface area contributed by atoms with Gasteiger partial charge in [0.15, 0.2) is 0 Å². The second kappa shape index (κ2) is 5.99. The normalized spacial score (nSPS) is 12.8. The lowest BCUT2D eigenvalue weighted by molar-refractivity contribution is -0.274. The van der Waals surface area contributed by atoms with Crippen LogP contribution < -0.4 is 10.1 Å². The summed E-state index contributed by atoms with van der Waals surface area (Å²) in [5, 5.41) is 2.95. The highest BCUT2D eigenvalue weighted by Crippen LogP contribution is 2.25. The lowest BCUT2D eigenvalue weighted by Crippen LogP contribution is -2.17. The number of nitrogens with one attached hydrogen (secondary N) is 1. The van der Waals surface area contributed by atoms with Gasteiger partial charge in [-0.05, 0) is 36.8 Å². The molecule has 0 spiro atoms. The number of aromatic nitrogens is 1. The third-order valence-corrected chi connectivity index (χ3v) is 2.69. The number of rotatable bonds is 4. The van der Waals surface area contributed by atoms with Gasteiger partial charge in [-0.3, -0.25) is 0 Å². The van der Waals surface area contributed by atoms with Crippen molar-refractivity contribution >= 4 is 5.82 Å². The molecule has 21 heavy (non-hydrogen) atoms. The largest absolute Gasteiger partial charge is 0.573 e. The molecule has 7 heteroatoms. The van der Waals surface area contributed by atoms with E-state index in [2.05, 4.69) is 15.0 Å². The zero-order valence-corrected chi connectivity index (χ0v) is 11.0. The lowest BCUT2D eigenvalue weighted by Gasteiger charge is -2.16. The number of hydrogen-bond donors (Lipinski definition) is 1. The number of anilines is 1. The molecule has 0 saturated carbocycles. The predicted molar refractivity (Wildman–Crippen MR) is 69.4 cm³/mol. The van der Waals surface area contributed by atoms with Gasteiger partial charge in [-0.25, -0.2) is 4.98 Å². The van der Waals surface area contributed by atoms with Crippen molar-refractivity contribution in [3.05, 3.63) is 54.0 Å². The molecule has 0 aliphatic carbocycles. The first-order valence-corrected chi connectivity index (χ1v) is 6.08. The minimum atomic E-state index is -4.71. The van der Waals surface area contributed by atoms with Crippen LogP contribution in [0.25, 0.3) is 0 Å². The molecule has 0 aliphatic heterocycles. The predicted octanol–water partition coefficient (Wildman–Crippen LogP) is 4.29. The van der Waals surface area contributed by atoms with E-state index in [1.165, 1.54) is 36.4 Å². The van der Waals surface area contributed by atoms with E-state index in [0.717, 1.165) is 5.56 Å². The topological polar surface area (TPSA) is 34.2 Å². The van der Waals surface area contributed by atoms with Crippen LogP contribution in [0.5, 0.6) is 5.75 Å². The first-order valence-electron chi connectivity index (χ1n) is 6.08. The fraction of sp³-hybridized carbons (Fsp3) is 0.214. The van der Waals surface area contributed by atoms with E-state index < -0.39 is 12.3 Å². The maximum atomic E-state index is 13.0. The molecule has 1 aromatic carbocycles. The van der Waals surface area contributed by atoms with Crippen LogP contribution in [0.2, 0.25) is 0 Å². The minimum absolute atomic E-state index is 0.251. The summed E-state index contributed by atoms with van der Waals surface area (Å²) in [6.45, 7) is 1.78. The van der Waals surface area contributed by atoms with Crippen LogP contribution in [0.15, 0.2) is 42.5 Å². The molecule has 1 N–H and O–H groups in total. The minimum Gasteiger partial charge on any atom is -0.406 e. The third-order valence-electron chi connectivity index (χ3n) is 2.69. The smallest absolute Gasteiger partial charge is 0.406 e. The van der Waals surface area contributed by atoms with E-state index >= 15 is 0 Å². The summed E-state index contributed by atoms with van der Waals surface area (Å²) in [5.41, 5.74) is 0.718. The Morgan fingerprint density at radius 3 is 2.33 bits per heavy atom. The molecule has 0 unspecified atom stereocenters. The Morgan fingerprint density at radius 2 is 1.76 bits per heavy atom. The molecule has 0 radical (unpaired) electrons. The molecule has 1 atom stereocenters. The summed E-state index contributed by atoms with van der Waals surface area (Å²) in [7, 11) is 0. The van der Waals surface area contributed by atoms with Crippen LogP contribution in [0.1, 0.15) is 18.5 Å². The lowest BCUT2D eigenvalue weighted by atomic mass is 10.1. The van der Waals surface area contributed by atoms with Crippen LogP contribution in [-0.4, -0.2) is 11.3 Å². The number of alkyl halides is 3. The van der Waals surface area contributed by atoms with E-state index in [1.807, 2.05) is 0 Å². The number of benzene rings is 1. The van der Waals surface area contributed by atoms with Gasteiger partial charge in [0.1, 0.15) is 11.6 Å². The molecule has 0 fully saturated rings. The molecule has 0 bridgehead atoms. The van der Waals surface area contributed by atoms with Crippen molar-refractivity contribution in [2.24, 2.45) is 0 Å². The van der Waals surface area contributed by atoms with Gasteiger partial charge in [0.25, 0.3) is 0 Å². The molecule has 1 heterocycles. The maximum absolute atomic E-state index is 13.0. The number of pyridine rings is 1. The van der Waals surface area contributed by atoms with Crippen molar-refractivity contribution in [1.82, 2.24) is 4.98 Å². The van der Waals surface area contributed by atoms with Crippen molar-refractivity contribution in [3.63, 3.8) is 0 Å². The molecule has 0 aliphatic rings. The second-order valence-corrected chi connectivity index (χ2v) is 4.33. The van der Waals surface area contributed by atoms with Gasteiger partial charge in [0, 0.05) is 6.04 Å². The Hall–Kier alpha value is -2.31. The third kappa shape index (κ3) is 4.62. The van der Waals surface area contributed by atoms with Gasteiger partial charge in [0.2, 0.25) is 5.95 Å². The highest BCUT2D eigenvalue weighted by Gasteiger charge is 2.31. The summed E-state index contributed by atoms with van der Waals surface area (Å²) in [6.07, 6.45) is -4.71. The SMILES string of the molecule is C[C@H](Nc1cccc(F)n1)c1ccc(OC(F)(F)F)cc1. The summed E-state index contributed by atoms with van der Waals surface area (Å²) in [6, 6.07) is 9.52. The van der Waals surface area contributed by atoms with E-state index in [9.17, 15) is 17.6 Å². The molecule has 2 rings (SSSR count). The second-order valence-electron chi connectivity index (χ2n) is 4.33. The summed E-state index contributed by atoms with van der Waals surface area (Å²) >= 11 is 0. The van der Waals surface area contributed by atoms with Crippen LogP contribution in [0.3, 0.4) is 0 Å². The van der Waals surface area contributed by atoms with Crippen LogP contribution in [0, 0.1) is 5.95 Å². The van der Waals surface area contributed by atoms with Gasteiger partial charge in [-0.1, -0.05) is 18.2 Å². The molecule has 112 valence electrons. The molecular formula is C14H12F4N2O. The van der Waals surface area contributed by atoms with Gasteiger partial charge >= 0.3 is 6.36 Å². The Labute approximate surface area is 118 Å². The van der Waals surface area contributed by atoms with Crippen molar-refractivity contribution in [3.8, 4) is 5.75 Å². The Bertz CT molecular complexity index is 599. The Balaban J connectivity index is 2.04. The molecule has 0 amide bonds. The fourth-order valence-electron chi connectivity index (χ4n) is 1.75. The monoisotopic (exact) mass is 300 g/mol. The maximum Gasteiger partial charge on any atom is 0.573 e. The van der Waals surface area contributed by atoms with Crippen molar-refractivity contribution in [2.45, 2.75) is 19.3 Å². The Morgan fingerprint density at radius 1 is 1.10 bits per heavy atom. The van der Waals surface area contributed by atoms with Crippen molar-refractivity contribution in [2.75, 3.05) is 5.32 Å². The van der Waals surface area contributed by atoms with E-state index in [0.29, 0.717) is 5.82 Å². The van der Waals surface area contributed by atoms with Crippen LogP contribution >= 0.6 is 0 Å². The first kappa shape index (κ1) is 15.1. The number of nitrogens with zero attached hydrogens (tertiary/aromatic N) is 1. The highest BCUT2D eigenvalue weighted by molar-refractivity contribution is 5.39. The molecule has 1 aromatic heterocycles. The molecular weight excluding hydrogens is 288 g/mol. The van der Waals surface area contributed by atoms with E-state index in [1.54, 1.807) is 13.0 Å². The Kier molecular flexibility index (Phi) is 4.30. The summed E-state index contributed by atoms with van der Waals surface area (Å²) < 4.78 is 52.9. The zero-order chi connectivity index (χ0) is 15.5. The first-order chi connectivity index (χ1) is 9.83. The molecule has 3 nitrogen and oxygen atoms in total. The quantitative estimate of drug-likeness (QED) is 0.675. The average molecular weight is 300 g/mol. The number of hydrogen-bond acceptors (Lipinski definition) is 3. The fourth-order valence-corrected chi connectivity index (χ4v) is 1.75. The number of ether oxygens (including phenoxy) is 1. The van der Waals surface area contributed by atoms with Gasteiger partial charge < -0.3 is 10.1 Å². The standard InChI is InChI=1S/C14H12F4N2O/c1-9(19-13-4-2-3-12(15)20-13)10-5-7-11(8-6-10)21-14(16,17)18/h2-9H,1H3,(H,19,20)/t9-/m0/s1. The summed E-state index contributed by atoms with van der Waals surface area (Å²) in [4.78, 5) is 3.65. The van der Waals surface area contributed by atoms with Crippen molar-refractivity contribution < 1.29 is 22.3 Å². The van der Waals surface area contributed by atoms with Gasteiger partial charge in [-0.2, -0.15) is 4.39 Å². The van der Waals surface area contributed by atoms with E-state index in [-0.39, 0.29) is 11.8 Å². The van der Waals surface area contributed by atoms with E-state index in [4.69, 9.17) is 0 Å². The number of halogens is 4. The molecule has 2 aromatic rings. The highest BCUT2D eigenvalue weighted by atomic mass is 19.4. The molecule has 0 saturated heterocycles. The van der Waals surface area contributed by atoms with Crippen molar-refractivity contribution in [1.29, 1.82) is 0 Å². The zero-order valence-electron chi connectivity index (χ0n) is 11.0. The van der Waals surface area contributed by atoms with Gasteiger partial charge in [0.05, 0.1) is 0 Å². The summed E-state index contributed by atoms with van der Waals surface area (Å²) in [5.74, 6) is -0.554. The van der Waals surface area contributed by atoms with Crippen LogP contribution in [0.4, 0.5) is 23.4 Å². The van der Waals surface area contributed by atoms with Crippen LogP contribution in [-0.2, 0) is 0 Å². The average Bonchev–Trinajstić information content (AvgIpc) is 2.37. The van der Waals surface area contributed by atoms with Gasteiger partial charge in [-0.15, -0.1) is 13.2 Å².